The van der Waals surface area contributed by atoms with Crippen LogP contribution in [0.15, 0.2) is 0 Å². The van der Waals surface area contributed by atoms with Crippen molar-refractivity contribution < 1.29 is 8.11 Å². The van der Waals surface area contributed by atoms with E-state index in [1.165, 1.54) is 0 Å². The molecule has 7 heavy (non-hydrogen) atoms. The molecule has 0 heterocycles. The Labute approximate surface area is 41.2 Å². The van der Waals surface area contributed by atoms with E-state index in [4.69, 9.17) is 0 Å². The summed E-state index contributed by atoms with van der Waals surface area (Å²) in [6.45, 7) is 0. The van der Waals surface area contributed by atoms with Crippen molar-refractivity contribution in [2.24, 2.45) is 0 Å². The third-order valence-corrected chi connectivity index (χ3v) is 0. The molecule has 0 rings (SSSR count). The van der Waals surface area contributed by atoms with Gasteiger partial charge in [-0.15, -0.1) is 0 Å². The van der Waals surface area contributed by atoms with Gasteiger partial charge in [-0.3, -0.25) is 0 Å². The summed E-state index contributed by atoms with van der Waals surface area (Å²) in [5.74, 6) is 0. The Balaban J connectivity index is 8.86. The maximum absolute atomic E-state index is 3.59. The van der Waals surface area contributed by atoms with E-state index in [1.54, 1.807) is 0 Å². The third-order valence-electron chi connectivity index (χ3n) is 0. The molecule has 0 unspecified atom stereocenters. The van der Waals surface area contributed by atoms with Gasteiger partial charge in [-0.2, -0.15) is 0 Å². The quantitative estimate of drug-likeness (QED) is 0.417. The molecule has 0 saturated heterocycles. The van der Waals surface area contributed by atoms with Gasteiger partial charge in [-0.05, 0) is 0 Å². The van der Waals surface area contributed by atoms with Gasteiger partial charge in [0.1, 0.15) is 0 Å². The van der Waals surface area contributed by atoms with Crippen LogP contribution < -0.4 is 0 Å². The molecular weight excluding hydrogens is 136 g/mol. The first-order valence-corrected chi connectivity index (χ1v) is 5.27. The minimum atomic E-state index is -2.94. The fourth-order valence-electron chi connectivity index (χ4n) is 0. The van der Waals surface area contributed by atoms with Crippen molar-refractivity contribution in [3.05, 3.63) is 0 Å². The molecule has 0 aromatic heterocycles. The molecule has 0 aromatic rings. The van der Waals surface area contributed by atoms with E-state index in [1.807, 2.05) is 0 Å². The van der Waals surface area contributed by atoms with E-state index in [2.05, 4.69) is 32.5 Å². The average Bonchev–Trinajstić information content (AvgIpc) is 0.592. The molecule has 0 amide bonds. The molecular formula is C6H12Cu. The summed E-state index contributed by atoms with van der Waals surface area (Å²) in [4.78, 5) is 0. The number of hydrogen-bond acceptors (Lipinski definition) is 0. The first-order valence-electron chi connectivity index (χ1n) is 1.28. The van der Waals surface area contributed by atoms with Crippen LogP contribution in [0, 0.1) is 0 Å². The Morgan fingerprint density at radius 1 is 0.571 bits per heavy atom. The van der Waals surface area contributed by atoms with Gasteiger partial charge in [0.15, 0.2) is 0 Å². The monoisotopic (exact) mass is 147 g/mol. The van der Waals surface area contributed by atoms with Gasteiger partial charge in [0.2, 0.25) is 0 Å². The van der Waals surface area contributed by atoms with Gasteiger partial charge < -0.3 is 0 Å². The zero-order valence-corrected chi connectivity index (χ0v) is 5.49. The normalized spacial score (nSPS) is 22.3. The summed E-state index contributed by atoms with van der Waals surface area (Å²) in [6, 6.07) is 0. The second-order valence-corrected chi connectivity index (χ2v) is 9.32. The summed E-state index contributed by atoms with van der Waals surface area (Å²) in [5.41, 5.74) is 21.6. The summed E-state index contributed by atoms with van der Waals surface area (Å²) in [7, 11) is -2.94. The van der Waals surface area contributed by atoms with Crippen LogP contribution in [0.2, 0.25) is 0 Å². The topological polar surface area (TPSA) is 0 Å². The van der Waals surface area contributed by atoms with E-state index >= 15 is 0 Å². The predicted molar refractivity (Wildman–Crippen MR) is 42.7 cm³/mol. The average molecular weight is 148 g/mol. The van der Waals surface area contributed by atoms with E-state index in [0.717, 1.165) is 0 Å². The van der Waals surface area contributed by atoms with Gasteiger partial charge in [0.05, 0.1) is 0 Å². The van der Waals surface area contributed by atoms with Crippen LogP contribution in [0.3, 0.4) is 0 Å². The van der Waals surface area contributed by atoms with Crippen LogP contribution in [0.5, 0.6) is 0 Å². The van der Waals surface area contributed by atoms with Crippen LogP contribution in [-0.4, -0.2) is 32.5 Å². The molecule has 1 heteroatoms. The molecule has 0 aliphatic rings. The molecule has 0 aromatic carbocycles. The molecule has 0 bridgehead atoms. The Kier molecular flexibility index (Phi) is 0.571. The summed E-state index contributed by atoms with van der Waals surface area (Å²) < 4.78 is 0. The van der Waals surface area contributed by atoms with Gasteiger partial charge in [0, 0.05) is 0 Å². The summed E-state index contributed by atoms with van der Waals surface area (Å²) in [6.07, 6.45) is 0. The van der Waals surface area contributed by atoms with Crippen molar-refractivity contribution in [1.82, 2.24) is 0 Å². The van der Waals surface area contributed by atoms with Crippen molar-refractivity contribution in [3.8, 4) is 0 Å². The molecule has 0 radical (unpaired) electrons. The fourth-order valence-corrected chi connectivity index (χ4v) is 0. The third kappa shape index (κ3) is 1180. The van der Waals surface area contributed by atoms with Crippen molar-refractivity contribution in [3.63, 3.8) is 0 Å². The first-order chi connectivity index (χ1) is 2.45. The molecule has 0 aliphatic heterocycles. The standard InChI is InChI=1S/6CH2.Cu/h6*1H2;. The molecule has 0 saturated carbocycles. The minimum absolute atomic E-state index is 2.94. The molecule has 0 fully saturated rings. The molecule has 0 spiro atoms. The van der Waals surface area contributed by atoms with E-state index in [0.29, 0.717) is 0 Å². The number of rotatable bonds is 0. The summed E-state index contributed by atoms with van der Waals surface area (Å²) in [5, 5.41) is 0. The first kappa shape index (κ1) is 6.74. The Morgan fingerprint density at radius 2 is 0.571 bits per heavy atom. The van der Waals surface area contributed by atoms with Crippen LogP contribution in [-0.2, 0) is 8.11 Å². The summed E-state index contributed by atoms with van der Waals surface area (Å²) >= 11 is 0. The second kappa shape index (κ2) is 0.593. The molecule has 47 valence electrons. The van der Waals surface area contributed by atoms with Crippen LogP contribution >= 0.6 is 0 Å². The van der Waals surface area contributed by atoms with Gasteiger partial charge in [-0.1, -0.05) is 0 Å². The molecule has 0 N–H and O–H groups in total. The van der Waals surface area contributed by atoms with Crippen molar-refractivity contribution in [2.45, 2.75) is 0 Å². The maximum atomic E-state index is 3.59. The Morgan fingerprint density at radius 3 is 0.571 bits per heavy atom. The van der Waals surface area contributed by atoms with Gasteiger partial charge >= 0.3 is 40.7 Å². The van der Waals surface area contributed by atoms with Crippen LogP contribution in [0.4, 0.5) is 0 Å². The fraction of sp³-hybridized carbons (Fsp3) is 0. The van der Waals surface area contributed by atoms with Crippen molar-refractivity contribution in [2.75, 3.05) is 0 Å². The van der Waals surface area contributed by atoms with Gasteiger partial charge in [-0.25, -0.2) is 0 Å². The molecule has 0 nitrogen and oxygen atoms in total. The predicted octanol–water partition coefficient (Wildman–Crippen LogP) is -0.196. The second-order valence-electron chi connectivity index (χ2n) is 2.26. The van der Waals surface area contributed by atoms with E-state index < -0.39 is 8.11 Å². The van der Waals surface area contributed by atoms with Crippen molar-refractivity contribution >= 4 is 32.5 Å². The van der Waals surface area contributed by atoms with Crippen LogP contribution in [0.25, 0.3) is 0 Å². The van der Waals surface area contributed by atoms with E-state index in [-0.39, 0.29) is 0 Å². The zero-order chi connectivity index (χ0) is 6.41. The number of hydrogen-bond donors (Lipinski definition) is 0. The Bertz CT molecular complexity index is 432. The van der Waals surface area contributed by atoms with Crippen LogP contribution in [0.1, 0.15) is 0 Å². The molecule has 0 atom stereocenters. The zero-order valence-electron chi connectivity index (χ0n) is 4.54. The van der Waals surface area contributed by atoms with Crippen molar-refractivity contribution in [1.29, 1.82) is 0 Å². The Hall–Kier alpha value is -0.261. The SMILES string of the molecule is [CH2]=[Cu](=[CH2])(=[CH2])(=[CH2])(=[CH2])=[CH2]. The van der Waals surface area contributed by atoms with E-state index in [9.17, 15) is 0 Å². The molecule has 0 aliphatic carbocycles. The van der Waals surface area contributed by atoms with Gasteiger partial charge in [0.25, 0.3) is 0 Å².